The van der Waals surface area contributed by atoms with Crippen LogP contribution in [0, 0.1) is 0 Å². The average molecular weight is 280 g/mol. The molecule has 0 saturated carbocycles. The van der Waals surface area contributed by atoms with E-state index in [9.17, 15) is 4.79 Å². The molecule has 0 fully saturated rings. The van der Waals surface area contributed by atoms with Gasteiger partial charge in [-0.1, -0.05) is 13.0 Å². The Morgan fingerprint density at radius 1 is 1.24 bits per heavy atom. The van der Waals surface area contributed by atoms with Crippen LogP contribution in [-0.4, -0.2) is 20.3 Å². The minimum Gasteiger partial charge on any atom is -0.324 e. The Labute approximate surface area is 122 Å². The van der Waals surface area contributed by atoms with Gasteiger partial charge in [-0.25, -0.2) is 4.98 Å². The maximum Gasteiger partial charge on any atom is 0.230 e. The second-order valence-electron chi connectivity index (χ2n) is 4.79. The Morgan fingerprint density at radius 2 is 2.14 bits per heavy atom. The molecule has 0 atom stereocenters. The number of carbonyl (C=O) groups excluding carboxylic acids is 1. The fourth-order valence-corrected chi connectivity index (χ4v) is 2.23. The summed E-state index contributed by atoms with van der Waals surface area (Å²) in [6, 6.07) is 9.54. The predicted octanol–water partition coefficient (Wildman–Crippen LogP) is 2.47. The van der Waals surface area contributed by atoms with E-state index >= 15 is 0 Å². The number of rotatable bonds is 4. The molecular formula is C16H16N4O. The number of hydrogen-bond donors (Lipinski definition) is 1. The van der Waals surface area contributed by atoms with E-state index < -0.39 is 0 Å². The van der Waals surface area contributed by atoms with Gasteiger partial charge in [-0.05, 0) is 30.7 Å². The van der Waals surface area contributed by atoms with Crippen molar-refractivity contribution in [1.29, 1.82) is 0 Å². The molecule has 0 aliphatic rings. The second kappa shape index (κ2) is 5.75. The summed E-state index contributed by atoms with van der Waals surface area (Å²) in [6.45, 7) is 2.05. The molecule has 0 aromatic carbocycles. The number of carbonyl (C=O) groups is 1. The zero-order valence-electron chi connectivity index (χ0n) is 11.8. The van der Waals surface area contributed by atoms with Gasteiger partial charge < -0.3 is 9.72 Å². The van der Waals surface area contributed by atoms with Crippen LogP contribution in [0.15, 0.2) is 48.9 Å². The predicted molar refractivity (Wildman–Crippen MR) is 81.1 cm³/mol. The van der Waals surface area contributed by atoms with Crippen LogP contribution in [0.4, 0.5) is 5.69 Å². The van der Waals surface area contributed by atoms with Gasteiger partial charge >= 0.3 is 0 Å². The van der Waals surface area contributed by atoms with E-state index in [-0.39, 0.29) is 5.91 Å². The Hall–Kier alpha value is -2.69. The van der Waals surface area contributed by atoms with Gasteiger partial charge in [-0.15, -0.1) is 0 Å². The number of aromatic nitrogens is 3. The highest BCUT2D eigenvalue weighted by Gasteiger charge is 2.07. The van der Waals surface area contributed by atoms with Crippen LogP contribution in [0.2, 0.25) is 0 Å². The summed E-state index contributed by atoms with van der Waals surface area (Å²) < 4.78 is 1.91. The van der Waals surface area contributed by atoms with Crippen LogP contribution < -0.4 is 5.32 Å². The molecule has 0 saturated heterocycles. The summed E-state index contributed by atoms with van der Waals surface area (Å²) in [5.74, 6) is -0.0674. The lowest BCUT2D eigenvalue weighted by atomic mass is 10.2. The molecular weight excluding hydrogens is 264 g/mol. The maximum absolute atomic E-state index is 12.1. The SMILES string of the molecule is CCc1ccc(NC(=O)Cc2cccc3nccn23)cn1. The molecule has 1 N–H and O–H groups in total. The van der Waals surface area contributed by atoms with Crippen molar-refractivity contribution in [3.63, 3.8) is 0 Å². The van der Waals surface area contributed by atoms with Crippen molar-refractivity contribution < 1.29 is 4.79 Å². The second-order valence-corrected chi connectivity index (χ2v) is 4.79. The summed E-state index contributed by atoms with van der Waals surface area (Å²) in [7, 11) is 0. The van der Waals surface area contributed by atoms with Gasteiger partial charge in [0, 0.05) is 23.8 Å². The number of amides is 1. The molecule has 0 radical (unpaired) electrons. The van der Waals surface area contributed by atoms with Crippen LogP contribution in [0.5, 0.6) is 0 Å². The Kier molecular flexibility index (Phi) is 3.64. The minimum atomic E-state index is -0.0674. The fourth-order valence-electron chi connectivity index (χ4n) is 2.23. The maximum atomic E-state index is 12.1. The van der Waals surface area contributed by atoms with Gasteiger partial charge in [0.05, 0.1) is 18.3 Å². The van der Waals surface area contributed by atoms with Crippen molar-refractivity contribution in [2.45, 2.75) is 19.8 Å². The molecule has 3 heterocycles. The Morgan fingerprint density at radius 3 is 2.90 bits per heavy atom. The van der Waals surface area contributed by atoms with E-state index in [4.69, 9.17) is 0 Å². The van der Waals surface area contributed by atoms with Gasteiger partial charge in [0.2, 0.25) is 5.91 Å². The topological polar surface area (TPSA) is 59.3 Å². The third kappa shape index (κ3) is 2.91. The molecule has 106 valence electrons. The lowest BCUT2D eigenvalue weighted by Crippen LogP contribution is -2.16. The van der Waals surface area contributed by atoms with E-state index in [0.717, 1.165) is 29.1 Å². The van der Waals surface area contributed by atoms with E-state index in [1.165, 1.54) is 0 Å². The van der Waals surface area contributed by atoms with Crippen LogP contribution >= 0.6 is 0 Å². The highest BCUT2D eigenvalue weighted by atomic mass is 16.1. The molecule has 21 heavy (non-hydrogen) atoms. The summed E-state index contributed by atoms with van der Waals surface area (Å²) in [6.07, 6.45) is 6.45. The third-order valence-corrected chi connectivity index (χ3v) is 3.33. The first kappa shape index (κ1) is 13.3. The highest BCUT2D eigenvalue weighted by molar-refractivity contribution is 5.91. The largest absolute Gasteiger partial charge is 0.324 e. The van der Waals surface area contributed by atoms with E-state index in [2.05, 4.69) is 15.3 Å². The van der Waals surface area contributed by atoms with Gasteiger partial charge in [0.25, 0.3) is 0 Å². The smallest absolute Gasteiger partial charge is 0.230 e. The number of aryl methyl sites for hydroxylation is 1. The van der Waals surface area contributed by atoms with E-state index in [1.54, 1.807) is 12.4 Å². The normalized spacial score (nSPS) is 10.7. The summed E-state index contributed by atoms with van der Waals surface area (Å²) in [5, 5.41) is 2.86. The summed E-state index contributed by atoms with van der Waals surface area (Å²) >= 11 is 0. The number of pyridine rings is 2. The molecule has 0 unspecified atom stereocenters. The van der Waals surface area contributed by atoms with Gasteiger partial charge in [-0.2, -0.15) is 0 Å². The quantitative estimate of drug-likeness (QED) is 0.798. The molecule has 0 spiro atoms. The number of hydrogen-bond acceptors (Lipinski definition) is 3. The molecule has 5 heteroatoms. The molecule has 1 amide bonds. The highest BCUT2D eigenvalue weighted by Crippen LogP contribution is 2.10. The molecule has 3 aromatic heterocycles. The Bertz CT molecular complexity index is 761. The van der Waals surface area contributed by atoms with Crippen molar-refractivity contribution in [2.24, 2.45) is 0 Å². The average Bonchev–Trinajstić information content (AvgIpc) is 2.97. The molecule has 5 nitrogen and oxygen atoms in total. The molecule has 3 aromatic rings. The first-order valence-corrected chi connectivity index (χ1v) is 6.92. The van der Waals surface area contributed by atoms with Crippen LogP contribution in [-0.2, 0) is 17.6 Å². The van der Waals surface area contributed by atoms with Crippen molar-refractivity contribution >= 4 is 17.2 Å². The first-order valence-electron chi connectivity index (χ1n) is 6.92. The third-order valence-electron chi connectivity index (χ3n) is 3.33. The molecule has 0 bridgehead atoms. The fraction of sp³-hybridized carbons (Fsp3) is 0.188. The molecule has 3 rings (SSSR count). The van der Waals surface area contributed by atoms with Crippen LogP contribution in [0.1, 0.15) is 18.3 Å². The van der Waals surface area contributed by atoms with Crippen molar-refractivity contribution in [3.05, 3.63) is 60.3 Å². The van der Waals surface area contributed by atoms with Crippen molar-refractivity contribution in [1.82, 2.24) is 14.4 Å². The van der Waals surface area contributed by atoms with Crippen LogP contribution in [0.25, 0.3) is 5.65 Å². The number of nitrogens with zero attached hydrogens (tertiary/aromatic N) is 3. The lowest BCUT2D eigenvalue weighted by Gasteiger charge is -2.07. The standard InChI is InChI=1S/C16H16N4O/c1-2-12-6-7-13(11-18-12)19-16(21)10-14-4-3-5-15-17-8-9-20(14)15/h3-9,11H,2,10H2,1H3,(H,19,21). The minimum absolute atomic E-state index is 0.0674. The molecule has 0 aliphatic heterocycles. The van der Waals surface area contributed by atoms with Gasteiger partial charge in [0.15, 0.2) is 0 Å². The number of anilines is 1. The lowest BCUT2D eigenvalue weighted by molar-refractivity contribution is -0.115. The molecule has 0 aliphatic carbocycles. The number of imidazole rings is 1. The van der Waals surface area contributed by atoms with E-state index in [1.807, 2.05) is 47.9 Å². The monoisotopic (exact) mass is 280 g/mol. The van der Waals surface area contributed by atoms with Crippen molar-refractivity contribution in [3.8, 4) is 0 Å². The summed E-state index contributed by atoms with van der Waals surface area (Å²) in [5.41, 5.74) is 3.47. The van der Waals surface area contributed by atoms with Crippen molar-refractivity contribution in [2.75, 3.05) is 5.32 Å². The van der Waals surface area contributed by atoms with Gasteiger partial charge in [-0.3, -0.25) is 9.78 Å². The first-order chi connectivity index (χ1) is 10.3. The van der Waals surface area contributed by atoms with E-state index in [0.29, 0.717) is 6.42 Å². The number of fused-ring (bicyclic) bond motifs is 1. The summed E-state index contributed by atoms with van der Waals surface area (Å²) in [4.78, 5) is 20.6. The Balaban J connectivity index is 1.72. The zero-order valence-corrected chi connectivity index (χ0v) is 11.8. The number of nitrogens with one attached hydrogen (secondary N) is 1. The van der Waals surface area contributed by atoms with Crippen LogP contribution in [0.3, 0.4) is 0 Å². The zero-order chi connectivity index (χ0) is 14.7. The van der Waals surface area contributed by atoms with Gasteiger partial charge in [0.1, 0.15) is 5.65 Å².